The summed E-state index contributed by atoms with van der Waals surface area (Å²) in [6.45, 7) is 5.72. The molecular formula is C15H21N3OS. The molecule has 1 aromatic carbocycles. The lowest BCUT2D eigenvalue weighted by atomic mass is 10.1. The van der Waals surface area contributed by atoms with Crippen LogP contribution in [0.25, 0.3) is 11.4 Å². The van der Waals surface area contributed by atoms with Gasteiger partial charge in [0, 0.05) is 18.4 Å². The highest BCUT2D eigenvalue weighted by molar-refractivity contribution is 7.99. The van der Waals surface area contributed by atoms with Crippen molar-refractivity contribution in [3.63, 3.8) is 0 Å². The number of aromatic nitrogens is 3. The predicted molar refractivity (Wildman–Crippen MR) is 82.8 cm³/mol. The second kappa shape index (κ2) is 5.97. The summed E-state index contributed by atoms with van der Waals surface area (Å²) in [4.78, 5) is 0. The summed E-state index contributed by atoms with van der Waals surface area (Å²) >= 11 is 1.62. The van der Waals surface area contributed by atoms with Crippen LogP contribution in [0.1, 0.15) is 25.8 Å². The van der Waals surface area contributed by atoms with Crippen LogP contribution in [0, 0.1) is 6.92 Å². The van der Waals surface area contributed by atoms with Gasteiger partial charge in [-0.1, -0.05) is 36.0 Å². The van der Waals surface area contributed by atoms with Crippen molar-refractivity contribution in [3.8, 4) is 11.4 Å². The van der Waals surface area contributed by atoms with Crippen LogP contribution in [-0.2, 0) is 7.05 Å². The van der Waals surface area contributed by atoms with Gasteiger partial charge >= 0.3 is 0 Å². The Kier molecular flexibility index (Phi) is 4.50. The average Bonchev–Trinajstić information content (AvgIpc) is 2.70. The van der Waals surface area contributed by atoms with Crippen LogP contribution in [-0.4, -0.2) is 31.2 Å². The maximum Gasteiger partial charge on any atom is 0.191 e. The van der Waals surface area contributed by atoms with E-state index in [1.807, 2.05) is 37.6 Å². The number of nitrogens with zero attached hydrogens (tertiary/aromatic N) is 3. The quantitative estimate of drug-likeness (QED) is 0.860. The highest BCUT2D eigenvalue weighted by atomic mass is 32.2. The Hall–Kier alpha value is -1.33. The molecule has 0 saturated carbocycles. The Morgan fingerprint density at radius 2 is 1.95 bits per heavy atom. The summed E-state index contributed by atoms with van der Waals surface area (Å²) in [5, 5.41) is 19.1. The van der Waals surface area contributed by atoms with Gasteiger partial charge in [-0.25, -0.2) is 0 Å². The molecule has 0 spiro atoms. The van der Waals surface area contributed by atoms with Crippen molar-refractivity contribution in [2.24, 2.45) is 7.05 Å². The molecule has 2 rings (SSSR count). The van der Waals surface area contributed by atoms with Gasteiger partial charge in [0.05, 0.1) is 5.60 Å². The van der Waals surface area contributed by atoms with Gasteiger partial charge in [-0.3, -0.25) is 0 Å². The lowest BCUT2D eigenvalue weighted by Crippen LogP contribution is -2.19. The van der Waals surface area contributed by atoms with Crippen LogP contribution >= 0.6 is 11.8 Å². The zero-order valence-corrected chi connectivity index (χ0v) is 13.2. The topological polar surface area (TPSA) is 50.9 Å². The molecule has 0 bridgehead atoms. The molecular weight excluding hydrogens is 270 g/mol. The molecule has 0 fully saturated rings. The molecule has 4 nitrogen and oxygen atoms in total. The minimum absolute atomic E-state index is 0.634. The molecule has 1 aromatic heterocycles. The standard InChI is InChI=1S/C15H21N3OS/c1-11-7-5-6-8-12(11)13-16-17-14(18(13)4)20-10-9-15(2,3)19/h5-8,19H,9-10H2,1-4H3. The molecule has 2 aromatic rings. The summed E-state index contributed by atoms with van der Waals surface area (Å²) in [6, 6.07) is 8.17. The van der Waals surface area contributed by atoms with Gasteiger partial charge in [-0.05, 0) is 32.8 Å². The van der Waals surface area contributed by atoms with E-state index in [-0.39, 0.29) is 0 Å². The number of rotatable bonds is 5. The Morgan fingerprint density at radius 3 is 2.60 bits per heavy atom. The molecule has 0 amide bonds. The van der Waals surface area contributed by atoms with Crippen molar-refractivity contribution in [2.75, 3.05) is 5.75 Å². The van der Waals surface area contributed by atoms with Crippen LogP contribution in [0.15, 0.2) is 29.4 Å². The minimum atomic E-state index is -0.634. The second-order valence-electron chi connectivity index (χ2n) is 5.59. The first-order valence-electron chi connectivity index (χ1n) is 6.69. The van der Waals surface area contributed by atoms with Gasteiger partial charge in [0.2, 0.25) is 0 Å². The van der Waals surface area contributed by atoms with E-state index in [4.69, 9.17) is 0 Å². The highest BCUT2D eigenvalue weighted by Crippen LogP contribution is 2.26. The van der Waals surface area contributed by atoms with Crippen LogP contribution in [0.4, 0.5) is 0 Å². The summed E-state index contributed by atoms with van der Waals surface area (Å²) in [6.07, 6.45) is 0.726. The van der Waals surface area contributed by atoms with Gasteiger partial charge < -0.3 is 9.67 Å². The van der Waals surface area contributed by atoms with Gasteiger partial charge in [0.15, 0.2) is 11.0 Å². The van der Waals surface area contributed by atoms with E-state index in [1.54, 1.807) is 11.8 Å². The van der Waals surface area contributed by atoms with E-state index in [1.165, 1.54) is 5.56 Å². The van der Waals surface area contributed by atoms with Crippen molar-refractivity contribution in [1.82, 2.24) is 14.8 Å². The van der Waals surface area contributed by atoms with Crippen molar-refractivity contribution in [3.05, 3.63) is 29.8 Å². The molecule has 0 unspecified atom stereocenters. The molecule has 5 heteroatoms. The van der Waals surface area contributed by atoms with E-state index in [9.17, 15) is 5.11 Å². The van der Waals surface area contributed by atoms with E-state index in [2.05, 4.69) is 29.3 Å². The molecule has 0 atom stereocenters. The van der Waals surface area contributed by atoms with Crippen molar-refractivity contribution in [1.29, 1.82) is 0 Å². The number of aryl methyl sites for hydroxylation is 1. The molecule has 108 valence electrons. The lowest BCUT2D eigenvalue weighted by molar-refractivity contribution is 0.0777. The number of benzene rings is 1. The van der Waals surface area contributed by atoms with Crippen LogP contribution in [0.3, 0.4) is 0 Å². The smallest absolute Gasteiger partial charge is 0.191 e. The molecule has 0 aliphatic heterocycles. The van der Waals surface area contributed by atoms with E-state index >= 15 is 0 Å². The first kappa shape index (κ1) is 15.1. The molecule has 0 saturated heterocycles. The average molecular weight is 291 g/mol. The highest BCUT2D eigenvalue weighted by Gasteiger charge is 2.15. The molecule has 1 heterocycles. The molecule has 0 aliphatic carbocycles. The first-order chi connectivity index (χ1) is 9.38. The van der Waals surface area contributed by atoms with Gasteiger partial charge in [0.25, 0.3) is 0 Å². The van der Waals surface area contributed by atoms with Crippen LogP contribution < -0.4 is 0 Å². The van der Waals surface area contributed by atoms with Gasteiger partial charge in [0.1, 0.15) is 0 Å². The molecule has 0 radical (unpaired) electrons. The predicted octanol–water partition coefficient (Wildman–Crippen LogP) is 3.04. The van der Waals surface area contributed by atoms with Crippen LogP contribution in [0.5, 0.6) is 0 Å². The number of aliphatic hydroxyl groups is 1. The van der Waals surface area contributed by atoms with Gasteiger partial charge in [-0.15, -0.1) is 10.2 Å². The molecule has 0 aliphatic rings. The Labute approximate surface area is 124 Å². The third kappa shape index (κ3) is 3.61. The summed E-state index contributed by atoms with van der Waals surface area (Å²) in [5.74, 6) is 1.71. The third-order valence-electron chi connectivity index (χ3n) is 3.17. The zero-order chi connectivity index (χ0) is 14.8. The zero-order valence-electron chi connectivity index (χ0n) is 12.4. The maximum atomic E-state index is 9.73. The number of hydrogen-bond acceptors (Lipinski definition) is 4. The van der Waals surface area contributed by atoms with E-state index < -0.39 is 5.60 Å². The minimum Gasteiger partial charge on any atom is -0.390 e. The molecule has 1 N–H and O–H groups in total. The SMILES string of the molecule is Cc1ccccc1-c1nnc(SCCC(C)(C)O)n1C. The monoisotopic (exact) mass is 291 g/mol. The third-order valence-corrected chi connectivity index (χ3v) is 4.19. The van der Waals surface area contributed by atoms with Crippen molar-refractivity contribution in [2.45, 2.75) is 37.9 Å². The fraction of sp³-hybridized carbons (Fsp3) is 0.467. The van der Waals surface area contributed by atoms with Crippen molar-refractivity contribution >= 4 is 11.8 Å². The summed E-state index contributed by atoms with van der Waals surface area (Å²) in [7, 11) is 1.98. The van der Waals surface area contributed by atoms with Gasteiger partial charge in [-0.2, -0.15) is 0 Å². The molecule has 20 heavy (non-hydrogen) atoms. The normalized spacial score (nSPS) is 11.8. The summed E-state index contributed by atoms with van der Waals surface area (Å²) in [5.41, 5.74) is 1.66. The number of thioether (sulfide) groups is 1. The summed E-state index contributed by atoms with van der Waals surface area (Å²) < 4.78 is 2.01. The van der Waals surface area contributed by atoms with E-state index in [0.29, 0.717) is 0 Å². The Bertz CT molecular complexity index is 587. The van der Waals surface area contributed by atoms with Crippen LogP contribution in [0.2, 0.25) is 0 Å². The van der Waals surface area contributed by atoms with E-state index in [0.717, 1.165) is 28.7 Å². The first-order valence-corrected chi connectivity index (χ1v) is 7.67. The Morgan fingerprint density at radius 1 is 1.25 bits per heavy atom. The maximum absolute atomic E-state index is 9.73. The fourth-order valence-electron chi connectivity index (χ4n) is 1.89. The number of hydrogen-bond donors (Lipinski definition) is 1. The Balaban J connectivity index is 2.14. The largest absolute Gasteiger partial charge is 0.390 e. The van der Waals surface area contributed by atoms with Crippen molar-refractivity contribution < 1.29 is 5.11 Å². The second-order valence-corrected chi connectivity index (χ2v) is 6.65. The lowest BCUT2D eigenvalue weighted by Gasteiger charge is -2.15. The fourth-order valence-corrected chi connectivity index (χ4v) is 3.05.